The number of hydrogen-bond donors (Lipinski definition) is 0. The molecule has 0 saturated heterocycles. The average molecular weight is 468 g/mol. The van der Waals surface area contributed by atoms with Crippen molar-refractivity contribution < 1.29 is 42.9 Å². The number of nitrogens with zero attached hydrogens (tertiary/aromatic N) is 1. The van der Waals surface area contributed by atoms with Crippen LogP contribution in [-0.4, -0.2) is 67.9 Å². The number of carbonyl (C=O) groups excluding carboxylic acids is 5. The van der Waals surface area contributed by atoms with Gasteiger partial charge in [0.2, 0.25) is 0 Å². The molecule has 0 N–H and O–H groups in total. The van der Waals surface area contributed by atoms with E-state index in [1.54, 1.807) is 0 Å². The molecule has 0 saturated carbocycles. The predicted molar refractivity (Wildman–Crippen MR) is 95.5 cm³/mol. The summed E-state index contributed by atoms with van der Waals surface area (Å²) in [4.78, 5) is 57.9. The Morgan fingerprint density at radius 3 is 2.07 bits per heavy atom. The maximum absolute atomic E-state index is 11.1. The summed E-state index contributed by atoms with van der Waals surface area (Å²) in [7, 11) is 4.85. The molecule has 0 aromatic carbocycles. The zero-order chi connectivity index (χ0) is 21.0. The van der Waals surface area contributed by atoms with Gasteiger partial charge in [0, 0.05) is 0 Å². The Bertz CT molecular complexity index is 689. The van der Waals surface area contributed by atoms with Gasteiger partial charge in [0.15, 0.2) is 5.69 Å². The van der Waals surface area contributed by atoms with E-state index in [-0.39, 0.29) is 18.5 Å². The Hall–Kier alpha value is -2.34. The van der Waals surface area contributed by atoms with E-state index in [4.69, 9.17) is 0 Å². The fourth-order valence-electron chi connectivity index (χ4n) is 1.41. The third-order valence-corrected chi connectivity index (χ3v) is 4.37. The Kier molecular flexibility index (Phi) is 11.8. The summed E-state index contributed by atoms with van der Waals surface area (Å²) in [5.41, 5.74) is 1.67. The van der Waals surface area contributed by atoms with Crippen molar-refractivity contribution in [3.63, 3.8) is 0 Å². The van der Waals surface area contributed by atoms with E-state index < -0.39 is 34.5 Å². The second-order valence-electron chi connectivity index (χ2n) is 4.47. The molecule has 1 aromatic rings. The van der Waals surface area contributed by atoms with Crippen LogP contribution in [0.15, 0.2) is 5.51 Å². The van der Waals surface area contributed by atoms with E-state index in [1.165, 1.54) is 38.2 Å². The standard InChI is InChI=1S/C8H9NO4S.C7H9BrO5/c1-12-6(10)3-5-7(8(11)13-2)9-4-14-5;1-12-5(9)3-4(8)6(10)7(11)13-2/h4H,3H2,1-2H3;4H,3H2,1-2H3. The first-order chi connectivity index (χ1) is 12.7. The lowest BCUT2D eigenvalue weighted by molar-refractivity contribution is -0.152. The Morgan fingerprint density at radius 1 is 1.00 bits per heavy atom. The van der Waals surface area contributed by atoms with Crippen LogP contribution in [0.4, 0.5) is 0 Å². The van der Waals surface area contributed by atoms with Gasteiger partial charge < -0.3 is 18.9 Å². The minimum Gasteiger partial charge on any atom is -0.469 e. The van der Waals surface area contributed by atoms with Crippen molar-refractivity contribution in [3.05, 3.63) is 16.1 Å². The summed E-state index contributed by atoms with van der Waals surface area (Å²) in [5, 5.41) is 0. The minimum absolute atomic E-state index is 0.0472. The highest BCUT2D eigenvalue weighted by molar-refractivity contribution is 9.10. The lowest BCUT2D eigenvalue weighted by Crippen LogP contribution is -2.27. The Balaban J connectivity index is 0.000000503. The molecule has 10 nitrogen and oxygen atoms in total. The van der Waals surface area contributed by atoms with Crippen LogP contribution in [-0.2, 0) is 44.5 Å². The van der Waals surface area contributed by atoms with Gasteiger partial charge in [0.25, 0.3) is 5.78 Å². The minimum atomic E-state index is -0.981. The van der Waals surface area contributed by atoms with Crippen LogP contribution in [0.2, 0.25) is 0 Å². The molecule has 0 radical (unpaired) electrons. The molecular weight excluding hydrogens is 450 g/mol. The third kappa shape index (κ3) is 8.73. The van der Waals surface area contributed by atoms with Gasteiger partial charge in [-0.2, -0.15) is 0 Å². The molecule has 0 aliphatic heterocycles. The molecule has 0 aliphatic rings. The van der Waals surface area contributed by atoms with E-state index in [0.29, 0.717) is 4.88 Å². The fraction of sp³-hybridized carbons (Fsp3) is 0.467. The van der Waals surface area contributed by atoms with Crippen LogP contribution in [0.1, 0.15) is 21.8 Å². The van der Waals surface area contributed by atoms with Crippen LogP contribution in [0, 0.1) is 0 Å². The smallest absolute Gasteiger partial charge is 0.375 e. The van der Waals surface area contributed by atoms with Gasteiger partial charge in [-0.25, -0.2) is 14.6 Å². The van der Waals surface area contributed by atoms with Gasteiger partial charge in [-0.15, -0.1) is 11.3 Å². The van der Waals surface area contributed by atoms with Crippen molar-refractivity contribution in [2.24, 2.45) is 0 Å². The van der Waals surface area contributed by atoms with Crippen LogP contribution in [0.25, 0.3) is 0 Å². The van der Waals surface area contributed by atoms with E-state index in [2.05, 4.69) is 39.9 Å². The number of alkyl halides is 1. The number of thiazole rings is 1. The molecule has 27 heavy (non-hydrogen) atoms. The molecule has 0 aliphatic carbocycles. The average Bonchev–Trinajstić information content (AvgIpc) is 3.14. The summed E-state index contributed by atoms with van der Waals surface area (Å²) in [6, 6.07) is 0. The quantitative estimate of drug-likeness (QED) is 0.244. The number of esters is 4. The molecule has 1 atom stereocenters. The van der Waals surface area contributed by atoms with Crippen molar-refractivity contribution in [2.75, 3.05) is 28.4 Å². The van der Waals surface area contributed by atoms with Crippen LogP contribution >= 0.6 is 27.3 Å². The van der Waals surface area contributed by atoms with Gasteiger partial charge in [0.05, 0.1) is 56.5 Å². The normalized spacial score (nSPS) is 10.6. The highest BCUT2D eigenvalue weighted by Crippen LogP contribution is 2.15. The summed E-state index contributed by atoms with van der Waals surface area (Å²) in [6.45, 7) is 0. The number of rotatable bonds is 7. The molecule has 1 rings (SSSR count). The van der Waals surface area contributed by atoms with Crippen molar-refractivity contribution in [3.8, 4) is 0 Å². The number of Topliss-reactive ketones (excluding diaryl/α,β-unsaturated/α-hetero) is 1. The summed E-state index contributed by atoms with van der Waals surface area (Å²) < 4.78 is 17.5. The van der Waals surface area contributed by atoms with E-state index in [0.717, 1.165) is 7.11 Å². The van der Waals surface area contributed by atoms with Crippen LogP contribution in [0.3, 0.4) is 0 Å². The Morgan fingerprint density at radius 2 is 1.59 bits per heavy atom. The highest BCUT2D eigenvalue weighted by Gasteiger charge is 2.26. The summed E-state index contributed by atoms with van der Waals surface area (Å²) in [6.07, 6.45) is -0.143. The molecular formula is C15H18BrNO9S. The number of halogens is 1. The first kappa shape index (κ1) is 24.7. The Labute approximate surface area is 167 Å². The van der Waals surface area contributed by atoms with Crippen molar-refractivity contribution >= 4 is 56.9 Å². The monoisotopic (exact) mass is 467 g/mol. The van der Waals surface area contributed by atoms with Crippen LogP contribution < -0.4 is 0 Å². The van der Waals surface area contributed by atoms with Gasteiger partial charge in [-0.3, -0.25) is 14.4 Å². The number of hydrogen-bond acceptors (Lipinski definition) is 11. The number of methoxy groups -OCH3 is 4. The first-order valence-corrected chi connectivity index (χ1v) is 8.91. The van der Waals surface area contributed by atoms with Gasteiger partial charge >= 0.3 is 23.9 Å². The van der Waals surface area contributed by atoms with Gasteiger partial charge in [0.1, 0.15) is 0 Å². The van der Waals surface area contributed by atoms with Crippen LogP contribution in [0.5, 0.6) is 0 Å². The van der Waals surface area contributed by atoms with E-state index in [9.17, 15) is 24.0 Å². The van der Waals surface area contributed by atoms with Crippen molar-refractivity contribution in [1.29, 1.82) is 0 Å². The van der Waals surface area contributed by atoms with E-state index in [1.807, 2.05) is 0 Å². The summed E-state index contributed by atoms with van der Waals surface area (Å²) in [5.74, 6) is -3.29. The zero-order valence-electron chi connectivity index (χ0n) is 15.0. The maximum Gasteiger partial charge on any atom is 0.375 e. The van der Waals surface area contributed by atoms with Crippen molar-refractivity contribution in [1.82, 2.24) is 4.98 Å². The second-order valence-corrected chi connectivity index (χ2v) is 6.52. The van der Waals surface area contributed by atoms with Gasteiger partial charge in [-0.05, 0) is 0 Å². The molecule has 1 unspecified atom stereocenters. The molecule has 12 heteroatoms. The van der Waals surface area contributed by atoms with Crippen molar-refractivity contribution in [2.45, 2.75) is 17.7 Å². The zero-order valence-corrected chi connectivity index (χ0v) is 17.4. The second kappa shape index (κ2) is 12.9. The molecule has 1 aromatic heterocycles. The molecule has 150 valence electrons. The molecule has 0 fully saturated rings. The fourth-order valence-corrected chi connectivity index (χ4v) is 2.60. The summed E-state index contributed by atoms with van der Waals surface area (Å²) >= 11 is 4.10. The first-order valence-electron chi connectivity index (χ1n) is 7.12. The lowest BCUT2D eigenvalue weighted by Gasteiger charge is -2.04. The predicted octanol–water partition coefficient (Wildman–Crippen LogP) is 0.700. The molecule has 0 spiro atoms. The SMILES string of the molecule is COC(=O)CC(Br)C(=O)C(=O)OC.COC(=O)Cc1scnc1C(=O)OC. The number of carbonyl (C=O) groups is 5. The number of ketones is 1. The largest absolute Gasteiger partial charge is 0.469 e. The topological polar surface area (TPSA) is 135 Å². The molecule has 0 amide bonds. The van der Waals surface area contributed by atoms with E-state index >= 15 is 0 Å². The maximum atomic E-state index is 11.1. The molecule has 1 heterocycles. The molecule has 0 bridgehead atoms. The van der Waals surface area contributed by atoms with Gasteiger partial charge in [-0.1, -0.05) is 15.9 Å². The third-order valence-electron chi connectivity index (χ3n) is 2.80. The number of ether oxygens (including phenoxy) is 4. The highest BCUT2D eigenvalue weighted by atomic mass is 79.9. The lowest BCUT2D eigenvalue weighted by atomic mass is 10.2. The number of aromatic nitrogens is 1.